The lowest BCUT2D eigenvalue weighted by Gasteiger charge is -2.22. The molecule has 0 aliphatic rings. The van der Waals surface area contributed by atoms with Gasteiger partial charge in [0.15, 0.2) is 0 Å². The molecule has 0 bridgehead atoms. The van der Waals surface area contributed by atoms with Gasteiger partial charge in [0, 0.05) is 11.1 Å². The Kier molecular flexibility index (Phi) is 5.85. The molecule has 0 unspecified atom stereocenters. The second kappa shape index (κ2) is 6.48. The maximum atomic E-state index is 12.9. The Morgan fingerprint density at radius 3 is 1.25 bits per heavy atom. The molecule has 0 atom stereocenters. The lowest BCUT2D eigenvalue weighted by atomic mass is 10.4. The van der Waals surface area contributed by atoms with E-state index in [2.05, 4.69) is 32.7 Å². The van der Waals surface area contributed by atoms with E-state index in [0.717, 1.165) is 13.8 Å². The molecule has 0 aliphatic heterocycles. The van der Waals surface area contributed by atoms with Gasteiger partial charge in [0.2, 0.25) is 0 Å². The Morgan fingerprint density at radius 2 is 1.05 bits per heavy atom. The Bertz CT molecular complexity index is 391. The lowest BCUT2D eigenvalue weighted by Crippen LogP contribution is -2.45. The molecule has 114 valence electrons. The first-order chi connectivity index (χ1) is 8.90. The summed E-state index contributed by atoms with van der Waals surface area (Å²) in [5.41, 5.74) is -0.752. The Balaban J connectivity index is 4.63. The summed E-state index contributed by atoms with van der Waals surface area (Å²) in [5, 5.41) is 0. The molecule has 0 aromatic rings. The highest BCUT2D eigenvalue weighted by Gasteiger charge is 2.64. The quantitative estimate of drug-likeness (QED) is 0.311. The molecule has 10 heteroatoms. The molecule has 0 saturated heterocycles. The third-order valence-corrected chi connectivity index (χ3v) is 1.48. The highest BCUT2D eigenvalue weighted by Crippen LogP contribution is 2.36. The predicted octanol–water partition coefficient (Wildman–Crippen LogP) is 2.27. The molecule has 0 N–H and O–H groups in total. The third kappa shape index (κ3) is 4.97. The van der Waals surface area contributed by atoms with E-state index in [1.54, 1.807) is 0 Å². The minimum absolute atomic E-state index is 0.376. The standard InChI is InChI=1S/C10H10F4O6/c1-5(2)7(15)17-19-9(11,12)10(13,14)20-18-8(16)6(3)4/h1,3H2,2,4H3. The summed E-state index contributed by atoms with van der Waals surface area (Å²) >= 11 is 0. The molecule has 0 spiro atoms. The molecular formula is C10H10F4O6. The van der Waals surface area contributed by atoms with Gasteiger partial charge in [-0.2, -0.15) is 17.6 Å². The normalized spacial score (nSPS) is 11.7. The van der Waals surface area contributed by atoms with Crippen molar-refractivity contribution < 1.29 is 46.7 Å². The first-order valence-electron chi connectivity index (χ1n) is 4.77. The van der Waals surface area contributed by atoms with Gasteiger partial charge in [-0.1, -0.05) is 22.9 Å². The fraction of sp³-hybridized carbons (Fsp3) is 0.400. The van der Waals surface area contributed by atoms with E-state index in [4.69, 9.17) is 0 Å². The highest BCUT2D eigenvalue weighted by atomic mass is 19.3. The van der Waals surface area contributed by atoms with Crippen molar-refractivity contribution in [3.63, 3.8) is 0 Å². The molecule has 0 saturated carbocycles. The summed E-state index contributed by atoms with van der Waals surface area (Å²) in [6.45, 7) is 8.12. The smallest absolute Gasteiger partial charge is 0.287 e. The maximum Gasteiger partial charge on any atom is 0.486 e. The van der Waals surface area contributed by atoms with Crippen LogP contribution in [0.2, 0.25) is 0 Å². The SMILES string of the molecule is C=C(C)C(=O)OOC(F)(F)C(F)(F)OOC(=O)C(=C)C. The summed E-state index contributed by atoms with van der Waals surface area (Å²) in [5.74, 6) is -3.00. The molecule has 0 heterocycles. The van der Waals surface area contributed by atoms with Gasteiger partial charge in [0.05, 0.1) is 0 Å². The van der Waals surface area contributed by atoms with Crippen molar-refractivity contribution in [2.24, 2.45) is 0 Å². The van der Waals surface area contributed by atoms with Crippen LogP contribution in [-0.2, 0) is 29.1 Å². The average Bonchev–Trinajstić information content (AvgIpc) is 2.32. The Morgan fingerprint density at radius 1 is 0.800 bits per heavy atom. The van der Waals surface area contributed by atoms with Gasteiger partial charge < -0.3 is 0 Å². The molecule has 0 rings (SSSR count). The van der Waals surface area contributed by atoms with E-state index in [0.29, 0.717) is 0 Å². The van der Waals surface area contributed by atoms with Crippen molar-refractivity contribution in [3.8, 4) is 0 Å². The summed E-state index contributed by atoms with van der Waals surface area (Å²) in [4.78, 5) is 34.2. The number of carbonyl (C=O) groups is 2. The van der Waals surface area contributed by atoms with Crippen LogP contribution in [0.5, 0.6) is 0 Å². The van der Waals surface area contributed by atoms with Crippen molar-refractivity contribution in [2.75, 3.05) is 0 Å². The van der Waals surface area contributed by atoms with Crippen LogP contribution in [0.15, 0.2) is 24.3 Å². The average molecular weight is 302 g/mol. The van der Waals surface area contributed by atoms with Crippen molar-refractivity contribution >= 4 is 11.9 Å². The maximum absolute atomic E-state index is 12.9. The minimum Gasteiger partial charge on any atom is -0.287 e. The summed E-state index contributed by atoms with van der Waals surface area (Å²) in [7, 11) is 0. The van der Waals surface area contributed by atoms with Gasteiger partial charge in [-0.3, -0.25) is 9.78 Å². The van der Waals surface area contributed by atoms with E-state index in [9.17, 15) is 27.2 Å². The van der Waals surface area contributed by atoms with Crippen LogP contribution in [0, 0.1) is 0 Å². The summed E-state index contributed by atoms with van der Waals surface area (Å²) < 4.78 is 51.4. The van der Waals surface area contributed by atoms with Crippen molar-refractivity contribution in [1.29, 1.82) is 0 Å². The zero-order chi connectivity index (χ0) is 16.1. The number of hydrogen-bond acceptors (Lipinski definition) is 6. The molecule has 0 aromatic heterocycles. The molecule has 0 radical (unpaired) electrons. The fourth-order valence-electron chi connectivity index (χ4n) is 0.420. The molecule has 0 aromatic carbocycles. The Labute approximate surface area is 110 Å². The minimum atomic E-state index is -5.41. The monoisotopic (exact) mass is 302 g/mol. The van der Waals surface area contributed by atoms with E-state index in [1.807, 2.05) is 0 Å². The van der Waals surface area contributed by atoms with Crippen molar-refractivity contribution in [2.45, 2.75) is 26.1 Å². The van der Waals surface area contributed by atoms with Gasteiger partial charge in [-0.15, -0.1) is 0 Å². The number of halogens is 4. The van der Waals surface area contributed by atoms with Gasteiger partial charge in [0.25, 0.3) is 0 Å². The van der Waals surface area contributed by atoms with Gasteiger partial charge in [-0.25, -0.2) is 9.59 Å². The number of alkyl halides is 4. The van der Waals surface area contributed by atoms with Gasteiger partial charge in [-0.05, 0) is 13.8 Å². The zero-order valence-electron chi connectivity index (χ0n) is 10.4. The second-order valence-corrected chi connectivity index (χ2v) is 3.50. The molecule has 0 aliphatic carbocycles. The van der Waals surface area contributed by atoms with Crippen molar-refractivity contribution in [1.82, 2.24) is 0 Å². The Hall–Kier alpha value is -1.94. The highest BCUT2D eigenvalue weighted by molar-refractivity contribution is 5.86. The predicted molar refractivity (Wildman–Crippen MR) is 53.9 cm³/mol. The molecular weight excluding hydrogens is 292 g/mol. The zero-order valence-corrected chi connectivity index (χ0v) is 10.4. The van der Waals surface area contributed by atoms with Gasteiger partial charge in [0.1, 0.15) is 0 Å². The number of rotatable bonds is 7. The second-order valence-electron chi connectivity index (χ2n) is 3.50. The van der Waals surface area contributed by atoms with Crippen LogP contribution < -0.4 is 0 Å². The number of hydrogen-bond donors (Lipinski definition) is 0. The molecule has 0 fully saturated rings. The summed E-state index contributed by atoms with van der Waals surface area (Å²) in [6, 6.07) is 0. The first kappa shape index (κ1) is 18.1. The van der Waals surface area contributed by atoms with Gasteiger partial charge >= 0.3 is 24.2 Å². The van der Waals surface area contributed by atoms with Crippen LogP contribution in [0.3, 0.4) is 0 Å². The summed E-state index contributed by atoms with van der Waals surface area (Å²) in [6.07, 6.45) is -10.8. The van der Waals surface area contributed by atoms with Crippen LogP contribution in [0.25, 0.3) is 0 Å². The third-order valence-electron chi connectivity index (χ3n) is 1.48. The van der Waals surface area contributed by atoms with E-state index < -0.39 is 24.2 Å². The van der Waals surface area contributed by atoms with E-state index in [1.165, 1.54) is 0 Å². The molecule has 20 heavy (non-hydrogen) atoms. The van der Waals surface area contributed by atoms with Crippen LogP contribution in [-0.4, -0.2) is 24.2 Å². The van der Waals surface area contributed by atoms with E-state index in [-0.39, 0.29) is 11.1 Å². The topological polar surface area (TPSA) is 71.1 Å². The van der Waals surface area contributed by atoms with E-state index >= 15 is 0 Å². The van der Waals surface area contributed by atoms with Crippen LogP contribution in [0.1, 0.15) is 13.8 Å². The van der Waals surface area contributed by atoms with Crippen molar-refractivity contribution in [3.05, 3.63) is 24.3 Å². The largest absolute Gasteiger partial charge is 0.486 e. The first-order valence-corrected chi connectivity index (χ1v) is 4.77. The molecule has 6 nitrogen and oxygen atoms in total. The lowest BCUT2D eigenvalue weighted by molar-refractivity contribution is -0.551. The van der Waals surface area contributed by atoms with Crippen LogP contribution in [0.4, 0.5) is 17.6 Å². The fourth-order valence-corrected chi connectivity index (χ4v) is 0.420. The van der Waals surface area contributed by atoms with Crippen LogP contribution >= 0.6 is 0 Å². The number of carbonyl (C=O) groups excluding carboxylic acids is 2. The molecule has 0 amide bonds.